The highest BCUT2D eigenvalue weighted by Gasteiger charge is 2.24. The third-order valence-electron chi connectivity index (χ3n) is 4.63. The van der Waals surface area contributed by atoms with Gasteiger partial charge in [0.2, 0.25) is 12.1 Å². The van der Waals surface area contributed by atoms with Crippen LogP contribution in [0, 0.1) is 0 Å². The van der Waals surface area contributed by atoms with Crippen molar-refractivity contribution in [2.24, 2.45) is 0 Å². The van der Waals surface area contributed by atoms with E-state index in [4.69, 9.17) is 32.2 Å². The summed E-state index contributed by atoms with van der Waals surface area (Å²) in [6, 6.07) is 8.90. The quantitative estimate of drug-likeness (QED) is 0.103. The first-order valence-corrected chi connectivity index (χ1v) is 10.5. The molecule has 0 saturated heterocycles. The number of amides is 1. The van der Waals surface area contributed by atoms with E-state index in [1.54, 1.807) is 18.3 Å². The van der Waals surface area contributed by atoms with Crippen molar-refractivity contribution in [1.82, 2.24) is 0 Å². The van der Waals surface area contributed by atoms with Crippen molar-refractivity contribution < 1.29 is 23.3 Å². The van der Waals surface area contributed by atoms with Crippen molar-refractivity contribution in [2.45, 2.75) is 32.6 Å². The molecule has 6 nitrogen and oxygen atoms in total. The number of ether oxygens (including phenoxy) is 1. The maximum absolute atomic E-state index is 12.0. The van der Waals surface area contributed by atoms with Gasteiger partial charge in [0.25, 0.3) is 5.69 Å². The zero-order valence-corrected chi connectivity index (χ0v) is 18.7. The van der Waals surface area contributed by atoms with Gasteiger partial charge in [-0.3, -0.25) is 9.59 Å². The number of aryl methyl sites for hydroxylation is 1. The number of unbranched alkanes of at least 4 members (excludes halogenated alkanes) is 1. The summed E-state index contributed by atoms with van der Waals surface area (Å²) in [5.41, 5.74) is 2.65. The van der Waals surface area contributed by atoms with Gasteiger partial charge in [-0.25, -0.2) is 0 Å². The van der Waals surface area contributed by atoms with Gasteiger partial charge in [-0.1, -0.05) is 23.2 Å². The zero-order valence-electron chi connectivity index (χ0n) is 16.3. The lowest BCUT2D eigenvalue weighted by Crippen LogP contribution is -2.18. The molecule has 0 aliphatic carbocycles. The summed E-state index contributed by atoms with van der Waals surface area (Å²) < 4.78 is 12.3. The van der Waals surface area contributed by atoms with Crippen molar-refractivity contribution in [2.75, 3.05) is 11.9 Å². The summed E-state index contributed by atoms with van der Waals surface area (Å²) in [6.07, 6.45) is 4.27. The molecule has 1 aliphatic rings. The lowest BCUT2D eigenvalue weighted by Gasteiger charge is -2.17. The van der Waals surface area contributed by atoms with E-state index in [2.05, 4.69) is 18.2 Å². The molecule has 158 valence electrons. The van der Waals surface area contributed by atoms with Crippen molar-refractivity contribution in [3.8, 4) is 5.75 Å². The Labute approximate surface area is 190 Å². The molecule has 3 rings (SSSR count). The van der Waals surface area contributed by atoms with Crippen LogP contribution in [-0.4, -0.2) is 29.3 Å². The fourth-order valence-electron chi connectivity index (χ4n) is 3.17. The molecule has 1 aliphatic heterocycles. The summed E-state index contributed by atoms with van der Waals surface area (Å²) in [4.78, 5) is 23.4. The second-order valence-corrected chi connectivity index (χ2v) is 7.71. The predicted octanol–water partition coefficient (Wildman–Crippen LogP) is 5.43. The standard InChI is InChI=1S/C21H20Cl2N2O4S/c1-13(26)20-18(8-6-16(22)21(20)23)25(29-30)10-2-3-11-28-15-5-7-17-14(12-15)4-9-19(27)24-17/h5-8,10,12H,2-4,9,11H2,1H3,(H-,24,27,30)/p+1. The Hall–Kier alpha value is -2.22. The number of halogens is 2. The third-order valence-corrected chi connectivity index (χ3v) is 5.61. The van der Waals surface area contributed by atoms with E-state index in [-0.39, 0.29) is 22.3 Å². The third kappa shape index (κ3) is 5.28. The normalized spacial score (nSPS) is 13.5. The molecule has 30 heavy (non-hydrogen) atoms. The minimum absolute atomic E-state index is 0.0394. The Morgan fingerprint density at radius 1 is 1.27 bits per heavy atom. The number of thiol groups is 1. The molecule has 0 bridgehead atoms. The highest BCUT2D eigenvalue weighted by Crippen LogP contribution is 2.33. The highest BCUT2D eigenvalue weighted by molar-refractivity contribution is 7.74. The number of rotatable bonds is 8. The lowest BCUT2D eigenvalue weighted by atomic mass is 10.0. The Bertz CT molecular complexity index is 1010. The van der Waals surface area contributed by atoms with Crippen LogP contribution in [0.5, 0.6) is 5.75 Å². The number of anilines is 1. The van der Waals surface area contributed by atoms with Crippen LogP contribution in [0.4, 0.5) is 11.4 Å². The van der Waals surface area contributed by atoms with Gasteiger partial charge in [0.05, 0.1) is 16.7 Å². The van der Waals surface area contributed by atoms with Crippen LogP contribution in [0.3, 0.4) is 0 Å². The molecule has 2 aromatic rings. The van der Waals surface area contributed by atoms with Crippen molar-refractivity contribution in [3.05, 3.63) is 51.5 Å². The number of carbonyl (C=O) groups excluding carboxylic acids is 2. The fraction of sp³-hybridized carbons (Fsp3) is 0.286. The van der Waals surface area contributed by atoms with Crippen LogP contribution in [0.15, 0.2) is 30.3 Å². The van der Waals surface area contributed by atoms with E-state index in [9.17, 15) is 9.59 Å². The Morgan fingerprint density at radius 2 is 2.07 bits per heavy atom. The smallest absolute Gasteiger partial charge is 0.270 e. The van der Waals surface area contributed by atoms with Gasteiger partial charge >= 0.3 is 0 Å². The molecule has 1 heterocycles. The van der Waals surface area contributed by atoms with E-state index >= 15 is 0 Å². The largest absolute Gasteiger partial charge is 0.494 e. The Morgan fingerprint density at radius 3 is 2.80 bits per heavy atom. The summed E-state index contributed by atoms with van der Waals surface area (Å²) in [6.45, 7) is 1.90. The molecule has 0 atom stereocenters. The minimum atomic E-state index is -0.229. The van der Waals surface area contributed by atoms with E-state index in [0.29, 0.717) is 43.0 Å². The van der Waals surface area contributed by atoms with E-state index in [1.165, 1.54) is 11.7 Å². The summed E-state index contributed by atoms with van der Waals surface area (Å²) in [7, 11) is 0. The molecular weight excluding hydrogens is 447 g/mol. The summed E-state index contributed by atoms with van der Waals surface area (Å²) >= 11 is 16.1. The summed E-state index contributed by atoms with van der Waals surface area (Å²) in [5.74, 6) is 0.571. The minimum Gasteiger partial charge on any atom is -0.494 e. The Kier molecular flexibility index (Phi) is 7.64. The van der Waals surface area contributed by atoms with Crippen LogP contribution >= 0.6 is 36.1 Å². The number of carbonyl (C=O) groups is 2. The first-order chi connectivity index (χ1) is 14.4. The first kappa shape index (κ1) is 22.5. The maximum atomic E-state index is 12.0. The number of benzene rings is 2. The van der Waals surface area contributed by atoms with E-state index in [1.807, 2.05) is 18.2 Å². The highest BCUT2D eigenvalue weighted by atomic mass is 35.5. The van der Waals surface area contributed by atoms with Gasteiger partial charge in [-0.15, -0.1) is 0 Å². The van der Waals surface area contributed by atoms with E-state index in [0.717, 1.165) is 17.0 Å². The molecule has 0 aromatic heterocycles. The molecule has 0 saturated carbocycles. The van der Waals surface area contributed by atoms with Crippen LogP contribution < -0.4 is 10.1 Å². The number of Topliss-reactive ketones (excluding diaryl/α,β-unsaturated/α-hetero) is 1. The number of nitrogens with zero attached hydrogens (tertiary/aromatic N) is 1. The SMILES string of the molecule is CC(=O)c1c([N+](=CCCCOc2ccc3c(c2)CCC(=O)N3)OS)ccc(Cl)c1Cl. The predicted molar refractivity (Wildman–Crippen MR) is 121 cm³/mol. The molecule has 1 amide bonds. The number of ketones is 1. The van der Waals surface area contributed by atoms with Crippen LogP contribution in [0.25, 0.3) is 0 Å². The van der Waals surface area contributed by atoms with Crippen LogP contribution in [0.1, 0.15) is 42.1 Å². The molecule has 1 N–H and O–H groups in total. The Balaban J connectivity index is 1.61. The molecule has 0 spiro atoms. The lowest BCUT2D eigenvalue weighted by molar-refractivity contribution is -0.672. The van der Waals surface area contributed by atoms with Gasteiger partial charge in [0.1, 0.15) is 24.2 Å². The fourth-order valence-corrected chi connectivity index (χ4v) is 3.77. The molecular formula is C21H21Cl2N2O4S+. The zero-order chi connectivity index (χ0) is 21.7. The topological polar surface area (TPSA) is 67.6 Å². The van der Waals surface area contributed by atoms with Crippen LogP contribution in [-0.2, 0) is 15.5 Å². The average molecular weight is 468 g/mol. The van der Waals surface area contributed by atoms with Gasteiger partial charge in [-0.2, -0.15) is 4.28 Å². The number of nitrogens with one attached hydrogen (secondary N) is 1. The second-order valence-electron chi connectivity index (χ2n) is 6.76. The van der Waals surface area contributed by atoms with E-state index < -0.39 is 0 Å². The molecule has 9 heteroatoms. The van der Waals surface area contributed by atoms with Crippen molar-refractivity contribution >= 4 is 65.4 Å². The van der Waals surface area contributed by atoms with Crippen molar-refractivity contribution in [3.63, 3.8) is 0 Å². The van der Waals surface area contributed by atoms with Gasteiger partial charge in [0, 0.05) is 29.3 Å². The van der Waals surface area contributed by atoms with Gasteiger partial charge < -0.3 is 10.1 Å². The van der Waals surface area contributed by atoms with Crippen LogP contribution in [0.2, 0.25) is 10.0 Å². The summed E-state index contributed by atoms with van der Waals surface area (Å²) in [5, 5.41) is 3.32. The second kappa shape index (κ2) is 10.2. The number of hydrogen-bond donors (Lipinski definition) is 2. The van der Waals surface area contributed by atoms with Gasteiger partial charge in [-0.05, 0) is 49.6 Å². The molecule has 2 aromatic carbocycles. The van der Waals surface area contributed by atoms with Gasteiger partial charge in [0.15, 0.2) is 5.78 Å². The first-order valence-electron chi connectivity index (χ1n) is 9.39. The average Bonchev–Trinajstić information content (AvgIpc) is 2.72. The molecule has 0 fully saturated rings. The molecule has 0 radical (unpaired) electrons. The number of fused-ring (bicyclic) bond motifs is 1. The molecule has 0 unspecified atom stereocenters. The number of hydrogen-bond acceptors (Lipinski definition) is 5. The maximum Gasteiger partial charge on any atom is 0.270 e. The van der Waals surface area contributed by atoms with Crippen molar-refractivity contribution in [1.29, 1.82) is 0 Å². The monoisotopic (exact) mass is 467 g/mol.